The van der Waals surface area contributed by atoms with E-state index in [2.05, 4.69) is 16.8 Å². The predicted octanol–water partition coefficient (Wildman–Crippen LogP) is 3.55. The SMILES string of the molecule is Cc1ncsc1CN1C[C@@H](C)O[C@@H](c2ccc(F)cc2)C1. The average molecular weight is 306 g/mol. The zero-order valence-electron chi connectivity index (χ0n) is 12.3. The Labute approximate surface area is 128 Å². The molecule has 1 fully saturated rings. The maximum Gasteiger partial charge on any atom is 0.123 e. The molecule has 3 nitrogen and oxygen atoms in total. The maximum atomic E-state index is 13.0. The molecule has 5 heteroatoms. The smallest absolute Gasteiger partial charge is 0.123 e. The van der Waals surface area contributed by atoms with Crippen LogP contribution in [0.25, 0.3) is 0 Å². The third-order valence-corrected chi connectivity index (χ3v) is 4.71. The number of benzene rings is 1. The molecule has 2 atom stereocenters. The average Bonchev–Trinajstić information content (AvgIpc) is 2.84. The molecule has 3 rings (SSSR count). The molecule has 1 aliphatic heterocycles. The van der Waals surface area contributed by atoms with Crippen LogP contribution >= 0.6 is 11.3 Å². The van der Waals surface area contributed by atoms with Gasteiger partial charge >= 0.3 is 0 Å². The Bertz CT molecular complexity index is 599. The van der Waals surface area contributed by atoms with Crippen molar-refractivity contribution in [2.45, 2.75) is 32.6 Å². The highest BCUT2D eigenvalue weighted by atomic mass is 32.1. The number of nitrogens with zero attached hydrogens (tertiary/aromatic N) is 2. The van der Waals surface area contributed by atoms with Gasteiger partial charge in [-0.2, -0.15) is 0 Å². The topological polar surface area (TPSA) is 25.4 Å². The zero-order chi connectivity index (χ0) is 14.8. The van der Waals surface area contributed by atoms with E-state index in [4.69, 9.17) is 4.74 Å². The van der Waals surface area contributed by atoms with E-state index in [-0.39, 0.29) is 18.0 Å². The minimum Gasteiger partial charge on any atom is -0.368 e. The van der Waals surface area contributed by atoms with Crippen molar-refractivity contribution in [2.24, 2.45) is 0 Å². The van der Waals surface area contributed by atoms with Crippen molar-refractivity contribution in [3.05, 3.63) is 51.7 Å². The molecule has 0 N–H and O–H groups in total. The van der Waals surface area contributed by atoms with Crippen LogP contribution in [0.3, 0.4) is 0 Å². The molecule has 112 valence electrons. The second-order valence-electron chi connectivity index (χ2n) is 5.54. The number of thiazole rings is 1. The molecule has 0 radical (unpaired) electrons. The third-order valence-electron chi connectivity index (χ3n) is 3.79. The number of rotatable bonds is 3. The van der Waals surface area contributed by atoms with E-state index in [1.54, 1.807) is 11.3 Å². The summed E-state index contributed by atoms with van der Waals surface area (Å²) in [4.78, 5) is 8.01. The lowest BCUT2D eigenvalue weighted by Gasteiger charge is -2.36. The van der Waals surface area contributed by atoms with Crippen LogP contribution in [0.4, 0.5) is 4.39 Å². The van der Waals surface area contributed by atoms with Crippen LogP contribution in [0.5, 0.6) is 0 Å². The number of ether oxygens (including phenoxy) is 1. The summed E-state index contributed by atoms with van der Waals surface area (Å²) in [6.07, 6.45) is 0.171. The van der Waals surface area contributed by atoms with Gasteiger partial charge < -0.3 is 4.74 Å². The van der Waals surface area contributed by atoms with E-state index >= 15 is 0 Å². The standard InChI is InChI=1S/C16H19FN2OS/c1-11-7-19(9-16-12(2)18-10-21-16)8-15(20-11)13-3-5-14(17)6-4-13/h3-6,10-11,15H,7-9H2,1-2H3/t11-,15-/m1/s1. The Morgan fingerprint density at radius 3 is 2.76 bits per heavy atom. The van der Waals surface area contributed by atoms with E-state index in [0.717, 1.165) is 30.9 Å². The Kier molecular flexibility index (Phi) is 4.33. The van der Waals surface area contributed by atoms with Crippen molar-refractivity contribution in [2.75, 3.05) is 13.1 Å². The molecular weight excluding hydrogens is 287 g/mol. The van der Waals surface area contributed by atoms with Gasteiger partial charge in [0.25, 0.3) is 0 Å². The van der Waals surface area contributed by atoms with Gasteiger partial charge in [0, 0.05) is 24.5 Å². The normalized spacial score (nSPS) is 23.4. The zero-order valence-corrected chi connectivity index (χ0v) is 13.1. The lowest BCUT2D eigenvalue weighted by atomic mass is 10.1. The number of aromatic nitrogens is 1. The van der Waals surface area contributed by atoms with Crippen molar-refractivity contribution in [1.29, 1.82) is 0 Å². The lowest BCUT2D eigenvalue weighted by Crippen LogP contribution is -2.42. The van der Waals surface area contributed by atoms with Crippen LogP contribution in [0.15, 0.2) is 29.8 Å². The first-order valence-electron chi connectivity index (χ1n) is 7.14. The van der Waals surface area contributed by atoms with Gasteiger partial charge in [0.05, 0.1) is 23.4 Å². The summed E-state index contributed by atoms with van der Waals surface area (Å²) in [5.41, 5.74) is 4.04. The molecular formula is C16H19FN2OS. The monoisotopic (exact) mass is 306 g/mol. The first-order chi connectivity index (χ1) is 10.1. The van der Waals surface area contributed by atoms with Crippen LogP contribution in [0, 0.1) is 12.7 Å². The summed E-state index contributed by atoms with van der Waals surface area (Å²) in [5, 5.41) is 0. The van der Waals surface area contributed by atoms with Crippen LogP contribution in [-0.2, 0) is 11.3 Å². The Morgan fingerprint density at radius 1 is 1.33 bits per heavy atom. The van der Waals surface area contributed by atoms with Gasteiger partial charge in [-0.3, -0.25) is 4.90 Å². The Balaban J connectivity index is 1.72. The molecule has 1 aromatic carbocycles. The fourth-order valence-electron chi connectivity index (χ4n) is 2.71. The minimum absolute atomic E-state index is 0.00239. The summed E-state index contributed by atoms with van der Waals surface area (Å²) in [6.45, 7) is 6.78. The molecule has 1 aromatic heterocycles. The van der Waals surface area contributed by atoms with Crippen LogP contribution in [-0.4, -0.2) is 29.1 Å². The molecule has 0 aliphatic carbocycles. The van der Waals surface area contributed by atoms with E-state index in [0.29, 0.717) is 0 Å². The predicted molar refractivity (Wildman–Crippen MR) is 81.8 cm³/mol. The highest BCUT2D eigenvalue weighted by molar-refractivity contribution is 7.09. The molecule has 1 aliphatic rings. The third kappa shape index (κ3) is 3.48. The van der Waals surface area contributed by atoms with Crippen LogP contribution < -0.4 is 0 Å². The number of hydrogen-bond acceptors (Lipinski definition) is 4. The molecule has 0 bridgehead atoms. The molecule has 0 saturated carbocycles. The van der Waals surface area contributed by atoms with Gasteiger partial charge in [-0.05, 0) is 31.5 Å². The molecule has 1 saturated heterocycles. The molecule has 2 aromatic rings. The van der Waals surface area contributed by atoms with Gasteiger partial charge in [-0.25, -0.2) is 9.37 Å². The van der Waals surface area contributed by atoms with Crippen molar-refractivity contribution >= 4 is 11.3 Å². The van der Waals surface area contributed by atoms with E-state index < -0.39 is 0 Å². The van der Waals surface area contributed by atoms with Crippen LogP contribution in [0.2, 0.25) is 0 Å². The van der Waals surface area contributed by atoms with E-state index in [1.807, 2.05) is 24.6 Å². The van der Waals surface area contributed by atoms with Gasteiger partial charge in [0.15, 0.2) is 0 Å². The number of halogens is 1. The van der Waals surface area contributed by atoms with Crippen molar-refractivity contribution in [3.8, 4) is 0 Å². The second-order valence-corrected chi connectivity index (χ2v) is 6.48. The molecule has 0 spiro atoms. The number of hydrogen-bond donors (Lipinski definition) is 0. The quantitative estimate of drug-likeness (QED) is 0.867. The van der Waals surface area contributed by atoms with Gasteiger partial charge in [-0.15, -0.1) is 11.3 Å². The van der Waals surface area contributed by atoms with Crippen molar-refractivity contribution < 1.29 is 9.13 Å². The molecule has 0 unspecified atom stereocenters. The number of morpholine rings is 1. The number of aryl methyl sites for hydroxylation is 1. The Morgan fingerprint density at radius 2 is 2.10 bits per heavy atom. The molecule has 2 heterocycles. The highest BCUT2D eigenvalue weighted by Crippen LogP contribution is 2.27. The summed E-state index contributed by atoms with van der Waals surface area (Å²) in [7, 11) is 0. The summed E-state index contributed by atoms with van der Waals surface area (Å²) in [6, 6.07) is 6.62. The minimum atomic E-state index is -0.209. The van der Waals surface area contributed by atoms with E-state index in [9.17, 15) is 4.39 Å². The second kappa shape index (κ2) is 6.22. The van der Waals surface area contributed by atoms with Gasteiger partial charge in [0.1, 0.15) is 5.82 Å². The first kappa shape index (κ1) is 14.6. The summed E-state index contributed by atoms with van der Waals surface area (Å²) < 4.78 is 19.1. The molecule has 21 heavy (non-hydrogen) atoms. The first-order valence-corrected chi connectivity index (χ1v) is 8.02. The fourth-order valence-corrected chi connectivity index (χ4v) is 3.53. The largest absolute Gasteiger partial charge is 0.368 e. The molecule has 0 amide bonds. The van der Waals surface area contributed by atoms with Crippen LogP contribution in [0.1, 0.15) is 29.2 Å². The van der Waals surface area contributed by atoms with Gasteiger partial charge in [-0.1, -0.05) is 12.1 Å². The van der Waals surface area contributed by atoms with Crippen molar-refractivity contribution in [3.63, 3.8) is 0 Å². The fraction of sp³-hybridized carbons (Fsp3) is 0.438. The lowest BCUT2D eigenvalue weighted by molar-refractivity contribution is -0.0812. The summed E-state index contributed by atoms with van der Waals surface area (Å²) >= 11 is 1.70. The van der Waals surface area contributed by atoms with Gasteiger partial charge in [0.2, 0.25) is 0 Å². The summed E-state index contributed by atoms with van der Waals surface area (Å²) in [5.74, 6) is -0.209. The maximum absolute atomic E-state index is 13.0. The Hall–Kier alpha value is -1.30. The van der Waals surface area contributed by atoms with E-state index in [1.165, 1.54) is 17.0 Å². The van der Waals surface area contributed by atoms with Crippen molar-refractivity contribution in [1.82, 2.24) is 9.88 Å². The highest BCUT2D eigenvalue weighted by Gasteiger charge is 2.27.